The molecule has 0 radical (unpaired) electrons. The van der Waals surface area contributed by atoms with Crippen molar-refractivity contribution in [3.05, 3.63) is 54.5 Å². The maximum atomic E-state index is 12.5. The van der Waals surface area contributed by atoms with Crippen molar-refractivity contribution in [2.75, 3.05) is 25.0 Å². The summed E-state index contributed by atoms with van der Waals surface area (Å²) in [6.45, 7) is 2.20. The molecule has 2 aliphatic heterocycles. The third-order valence-corrected chi connectivity index (χ3v) is 5.31. The summed E-state index contributed by atoms with van der Waals surface area (Å²) in [5.41, 5.74) is 0.725. The first-order valence-corrected chi connectivity index (χ1v) is 9.22. The van der Waals surface area contributed by atoms with Crippen molar-refractivity contribution in [3.8, 4) is 0 Å². The standard InChI is InChI=1S/C20H24N4O2/c25-19(13-16-5-1-3-9-21-16)24-11-7-20(8-12-24)14-17(15-26-20)23-18-6-2-4-10-22-18/h1-6,9-10,17H,7-8,11-15H2,(H,22,23)/t17-/m1/s1. The molecule has 0 aliphatic carbocycles. The van der Waals surface area contributed by atoms with E-state index in [9.17, 15) is 4.79 Å². The summed E-state index contributed by atoms with van der Waals surface area (Å²) < 4.78 is 6.17. The topological polar surface area (TPSA) is 67.4 Å². The molecule has 1 atom stereocenters. The van der Waals surface area contributed by atoms with Gasteiger partial charge < -0.3 is 15.0 Å². The first kappa shape index (κ1) is 17.0. The second-order valence-electron chi connectivity index (χ2n) is 7.13. The van der Waals surface area contributed by atoms with Crippen molar-refractivity contribution in [1.29, 1.82) is 0 Å². The van der Waals surface area contributed by atoms with Crippen molar-refractivity contribution < 1.29 is 9.53 Å². The summed E-state index contributed by atoms with van der Waals surface area (Å²) in [4.78, 5) is 23.0. The maximum absolute atomic E-state index is 12.5. The normalized spacial score (nSPS) is 21.7. The fourth-order valence-electron chi connectivity index (χ4n) is 3.88. The third kappa shape index (κ3) is 3.85. The SMILES string of the molecule is O=C(Cc1ccccn1)N1CCC2(CC1)C[C@@H](Nc1ccccn1)CO2. The molecule has 2 aromatic rings. The molecular weight excluding hydrogens is 328 g/mol. The van der Waals surface area contributed by atoms with E-state index in [1.165, 1.54) is 0 Å². The lowest BCUT2D eigenvalue weighted by Gasteiger charge is -2.38. The van der Waals surface area contributed by atoms with Gasteiger partial charge in [-0.05, 0) is 43.5 Å². The minimum atomic E-state index is -0.103. The number of piperidine rings is 1. The number of amides is 1. The monoisotopic (exact) mass is 352 g/mol. The molecule has 26 heavy (non-hydrogen) atoms. The third-order valence-electron chi connectivity index (χ3n) is 5.31. The van der Waals surface area contributed by atoms with E-state index >= 15 is 0 Å². The number of nitrogens with zero attached hydrogens (tertiary/aromatic N) is 3. The highest BCUT2D eigenvalue weighted by atomic mass is 16.5. The van der Waals surface area contributed by atoms with Gasteiger partial charge in [0.25, 0.3) is 0 Å². The van der Waals surface area contributed by atoms with Gasteiger partial charge >= 0.3 is 0 Å². The highest BCUT2D eigenvalue weighted by Crippen LogP contribution is 2.36. The van der Waals surface area contributed by atoms with Crippen LogP contribution in [0.3, 0.4) is 0 Å². The number of rotatable bonds is 4. The molecule has 2 saturated heterocycles. The van der Waals surface area contributed by atoms with Crippen LogP contribution in [0.5, 0.6) is 0 Å². The Morgan fingerprint density at radius 2 is 1.92 bits per heavy atom. The average molecular weight is 352 g/mol. The van der Waals surface area contributed by atoms with Gasteiger partial charge in [-0.25, -0.2) is 4.98 Å². The minimum absolute atomic E-state index is 0.103. The predicted molar refractivity (Wildman–Crippen MR) is 98.7 cm³/mol. The van der Waals surface area contributed by atoms with Gasteiger partial charge in [-0.3, -0.25) is 9.78 Å². The smallest absolute Gasteiger partial charge is 0.228 e. The molecule has 136 valence electrons. The molecular formula is C20H24N4O2. The largest absolute Gasteiger partial charge is 0.373 e. The predicted octanol–water partition coefficient (Wildman–Crippen LogP) is 2.28. The van der Waals surface area contributed by atoms with E-state index in [1.807, 2.05) is 41.3 Å². The van der Waals surface area contributed by atoms with Crippen molar-refractivity contribution in [3.63, 3.8) is 0 Å². The van der Waals surface area contributed by atoms with Crippen LogP contribution in [-0.2, 0) is 16.0 Å². The van der Waals surface area contributed by atoms with Crippen LogP contribution in [0, 0.1) is 0 Å². The molecule has 2 fully saturated rings. The number of likely N-dealkylation sites (tertiary alicyclic amines) is 1. The fourth-order valence-corrected chi connectivity index (χ4v) is 3.88. The van der Waals surface area contributed by atoms with E-state index in [0.29, 0.717) is 13.0 Å². The first-order chi connectivity index (χ1) is 12.7. The molecule has 6 nitrogen and oxygen atoms in total. The Labute approximate surface area is 153 Å². The Morgan fingerprint density at radius 3 is 2.62 bits per heavy atom. The van der Waals surface area contributed by atoms with Gasteiger partial charge in [0.1, 0.15) is 5.82 Å². The summed E-state index contributed by atoms with van der Waals surface area (Å²) in [6, 6.07) is 11.8. The number of aromatic nitrogens is 2. The quantitative estimate of drug-likeness (QED) is 0.914. The van der Waals surface area contributed by atoms with Gasteiger partial charge in [-0.15, -0.1) is 0 Å². The van der Waals surface area contributed by atoms with Crippen LogP contribution in [0.15, 0.2) is 48.8 Å². The maximum Gasteiger partial charge on any atom is 0.228 e. The number of hydrogen-bond acceptors (Lipinski definition) is 5. The Bertz CT molecular complexity index is 730. The Balaban J connectivity index is 1.29. The number of nitrogens with one attached hydrogen (secondary N) is 1. The molecule has 0 saturated carbocycles. The lowest BCUT2D eigenvalue weighted by atomic mass is 9.87. The second kappa shape index (κ2) is 7.41. The van der Waals surface area contributed by atoms with E-state index in [2.05, 4.69) is 15.3 Å². The van der Waals surface area contributed by atoms with E-state index in [-0.39, 0.29) is 17.6 Å². The van der Waals surface area contributed by atoms with Crippen molar-refractivity contribution in [2.45, 2.75) is 37.3 Å². The molecule has 2 aliphatic rings. The van der Waals surface area contributed by atoms with Crippen molar-refractivity contribution in [1.82, 2.24) is 14.9 Å². The minimum Gasteiger partial charge on any atom is -0.373 e. The van der Waals surface area contributed by atoms with E-state index in [0.717, 1.165) is 43.9 Å². The van der Waals surface area contributed by atoms with E-state index < -0.39 is 0 Å². The fraction of sp³-hybridized carbons (Fsp3) is 0.450. The summed E-state index contributed by atoms with van der Waals surface area (Å²) in [5, 5.41) is 3.45. The summed E-state index contributed by atoms with van der Waals surface area (Å²) in [5.74, 6) is 1.04. The van der Waals surface area contributed by atoms with Crippen LogP contribution in [-0.4, -0.2) is 52.1 Å². The lowest BCUT2D eigenvalue weighted by Crippen LogP contribution is -2.47. The summed E-state index contributed by atoms with van der Waals surface area (Å²) in [6.07, 6.45) is 6.64. The Morgan fingerprint density at radius 1 is 1.15 bits per heavy atom. The Hall–Kier alpha value is -2.47. The summed E-state index contributed by atoms with van der Waals surface area (Å²) in [7, 11) is 0. The zero-order valence-electron chi connectivity index (χ0n) is 14.8. The van der Waals surface area contributed by atoms with Crippen LogP contribution in [0.4, 0.5) is 5.82 Å². The molecule has 0 bridgehead atoms. The number of ether oxygens (including phenoxy) is 1. The van der Waals surface area contributed by atoms with Crippen LogP contribution >= 0.6 is 0 Å². The number of hydrogen-bond donors (Lipinski definition) is 1. The van der Waals surface area contributed by atoms with Gasteiger partial charge in [0.2, 0.25) is 5.91 Å². The molecule has 2 aromatic heterocycles. The average Bonchev–Trinajstić information content (AvgIpc) is 3.06. The molecule has 1 amide bonds. The number of anilines is 1. The molecule has 4 heterocycles. The van der Waals surface area contributed by atoms with Crippen molar-refractivity contribution in [2.24, 2.45) is 0 Å². The van der Waals surface area contributed by atoms with Gasteiger partial charge in [-0.2, -0.15) is 0 Å². The lowest BCUT2D eigenvalue weighted by molar-refractivity contribution is -0.135. The Kier molecular flexibility index (Phi) is 4.84. The zero-order chi connectivity index (χ0) is 17.8. The molecule has 0 aromatic carbocycles. The highest BCUT2D eigenvalue weighted by Gasteiger charge is 2.43. The molecule has 0 unspecified atom stereocenters. The van der Waals surface area contributed by atoms with Crippen LogP contribution in [0.1, 0.15) is 25.0 Å². The molecule has 6 heteroatoms. The molecule has 1 N–H and O–H groups in total. The van der Waals surface area contributed by atoms with E-state index in [1.54, 1.807) is 12.4 Å². The first-order valence-electron chi connectivity index (χ1n) is 9.22. The van der Waals surface area contributed by atoms with Gasteiger partial charge in [0.05, 0.1) is 24.7 Å². The highest BCUT2D eigenvalue weighted by molar-refractivity contribution is 5.78. The number of pyridine rings is 2. The van der Waals surface area contributed by atoms with Crippen LogP contribution in [0.2, 0.25) is 0 Å². The molecule has 4 rings (SSSR count). The number of carbonyl (C=O) groups excluding carboxylic acids is 1. The van der Waals surface area contributed by atoms with E-state index in [4.69, 9.17) is 4.74 Å². The molecule has 1 spiro atoms. The second-order valence-corrected chi connectivity index (χ2v) is 7.13. The van der Waals surface area contributed by atoms with Gasteiger partial charge in [-0.1, -0.05) is 12.1 Å². The zero-order valence-corrected chi connectivity index (χ0v) is 14.8. The van der Waals surface area contributed by atoms with Crippen LogP contribution < -0.4 is 5.32 Å². The van der Waals surface area contributed by atoms with Crippen molar-refractivity contribution >= 4 is 11.7 Å². The van der Waals surface area contributed by atoms with Crippen LogP contribution in [0.25, 0.3) is 0 Å². The van der Waals surface area contributed by atoms with Gasteiger partial charge in [0.15, 0.2) is 0 Å². The number of carbonyl (C=O) groups is 1. The van der Waals surface area contributed by atoms with Gasteiger partial charge in [0, 0.05) is 31.2 Å². The summed E-state index contributed by atoms with van der Waals surface area (Å²) >= 11 is 0.